The fourth-order valence-corrected chi connectivity index (χ4v) is 3.03. The van der Waals surface area contributed by atoms with Crippen molar-refractivity contribution in [1.29, 1.82) is 0 Å². The van der Waals surface area contributed by atoms with Crippen molar-refractivity contribution in [2.75, 3.05) is 57.2 Å². The van der Waals surface area contributed by atoms with Crippen molar-refractivity contribution in [2.45, 2.75) is 19.9 Å². The highest BCUT2D eigenvalue weighted by molar-refractivity contribution is 14.0. The molecule has 0 fully saturated rings. The number of para-hydroxylation sites is 1. The summed E-state index contributed by atoms with van der Waals surface area (Å²) in [6, 6.07) is 19.0. The van der Waals surface area contributed by atoms with Gasteiger partial charge in [0.25, 0.3) is 0 Å². The van der Waals surface area contributed by atoms with E-state index in [-0.39, 0.29) is 24.0 Å². The van der Waals surface area contributed by atoms with Crippen molar-refractivity contribution in [3.8, 4) is 0 Å². The highest BCUT2D eigenvalue weighted by Gasteiger charge is 2.04. The summed E-state index contributed by atoms with van der Waals surface area (Å²) in [5.74, 6) is 0.829. The highest BCUT2D eigenvalue weighted by atomic mass is 127. The Morgan fingerprint density at radius 3 is 2.37 bits per heavy atom. The van der Waals surface area contributed by atoms with E-state index in [2.05, 4.69) is 87.4 Å². The molecule has 0 spiro atoms. The largest absolute Gasteiger partial charge is 0.383 e. The summed E-state index contributed by atoms with van der Waals surface area (Å²) in [6.07, 6.45) is 1.05. The van der Waals surface area contributed by atoms with Gasteiger partial charge in [-0.1, -0.05) is 30.3 Å². The van der Waals surface area contributed by atoms with E-state index < -0.39 is 0 Å². The summed E-state index contributed by atoms with van der Waals surface area (Å²) in [7, 11) is 3.51. The number of nitrogens with one attached hydrogen (secondary N) is 3. The lowest BCUT2D eigenvalue weighted by atomic mass is 10.2. The molecule has 0 bridgehead atoms. The van der Waals surface area contributed by atoms with Crippen molar-refractivity contribution >= 4 is 41.3 Å². The van der Waals surface area contributed by atoms with Crippen molar-refractivity contribution in [3.63, 3.8) is 0 Å². The Balaban J connectivity index is 0.00000450. The fourth-order valence-electron chi connectivity index (χ4n) is 3.03. The number of rotatable bonds is 12. The third-order valence-corrected chi connectivity index (χ3v) is 4.67. The Kier molecular flexibility index (Phi) is 13.7. The van der Waals surface area contributed by atoms with Gasteiger partial charge in [0.05, 0.1) is 6.61 Å². The monoisotopic (exact) mass is 525 g/mol. The van der Waals surface area contributed by atoms with Gasteiger partial charge in [-0.05, 0) is 43.2 Å². The van der Waals surface area contributed by atoms with Crippen molar-refractivity contribution < 1.29 is 4.74 Å². The molecule has 0 saturated carbocycles. The van der Waals surface area contributed by atoms with Crippen LogP contribution in [0.2, 0.25) is 0 Å². The first kappa shape index (κ1) is 26.0. The van der Waals surface area contributed by atoms with Crippen molar-refractivity contribution in [2.24, 2.45) is 4.99 Å². The van der Waals surface area contributed by atoms with Crippen LogP contribution < -0.4 is 20.9 Å². The summed E-state index contributed by atoms with van der Waals surface area (Å²) >= 11 is 0. The summed E-state index contributed by atoms with van der Waals surface area (Å²) in [6.45, 7) is 7.35. The van der Waals surface area contributed by atoms with Crippen molar-refractivity contribution in [1.82, 2.24) is 10.6 Å². The number of nitrogens with zero attached hydrogens (tertiary/aromatic N) is 2. The number of benzene rings is 2. The molecule has 2 aromatic rings. The van der Waals surface area contributed by atoms with Crippen LogP contribution in [-0.2, 0) is 11.3 Å². The van der Waals surface area contributed by atoms with Gasteiger partial charge < -0.3 is 25.6 Å². The van der Waals surface area contributed by atoms with Gasteiger partial charge in [0.15, 0.2) is 5.96 Å². The molecule has 3 N–H and O–H groups in total. The van der Waals surface area contributed by atoms with Crippen LogP contribution in [0.25, 0.3) is 0 Å². The van der Waals surface area contributed by atoms with E-state index >= 15 is 0 Å². The van der Waals surface area contributed by atoms with E-state index in [0.29, 0.717) is 6.61 Å². The van der Waals surface area contributed by atoms with E-state index in [9.17, 15) is 0 Å². The van der Waals surface area contributed by atoms with Crippen LogP contribution in [0.3, 0.4) is 0 Å². The molecular formula is C23H36IN5O. The molecule has 0 aliphatic rings. The van der Waals surface area contributed by atoms with Crippen LogP contribution in [-0.4, -0.2) is 52.9 Å². The molecule has 0 aromatic heterocycles. The second kappa shape index (κ2) is 15.8. The van der Waals surface area contributed by atoms with Gasteiger partial charge in [-0.3, -0.25) is 4.99 Å². The number of aliphatic imine (C=N–C) groups is 1. The van der Waals surface area contributed by atoms with Crippen LogP contribution in [0.4, 0.5) is 11.4 Å². The topological polar surface area (TPSA) is 60.9 Å². The number of halogens is 1. The van der Waals surface area contributed by atoms with E-state index in [4.69, 9.17) is 4.74 Å². The summed E-state index contributed by atoms with van der Waals surface area (Å²) in [5, 5.41) is 10.1. The van der Waals surface area contributed by atoms with E-state index in [0.717, 1.165) is 50.8 Å². The first-order valence-electron chi connectivity index (χ1n) is 10.3. The summed E-state index contributed by atoms with van der Waals surface area (Å²) in [4.78, 5) is 6.71. The maximum atomic E-state index is 5.05. The van der Waals surface area contributed by atoms with Crippen LogP contribution in [0.5, 0.6) is 0 Å². The molecule has 30 heavy (non-hydrogen) atoms. The molecule has 0 unspecified atom stereocenters. The molecule has 6 nitrogen and oxygen atoms in total. The third-order valence-electron chi connectivity index (χ3n) is 4.67. The lowest BCUT2D eigenvalue weighted by molar-refractivity contribution is 0.211. The minimum absolute atomic E-state index is 0. The average molecular weight is 525 g/mol. The van der Waals surface area contributed by atoms with E-state index in [1.165, 1.54) is 11.3 Å². The molecule has 7 heteroatoms. The number of ether oxygens (including phenoxy) is 1. The lowest BCUT2D eigenvalue weighted by Gasteiger charge is -2.23. The minimum atomic E-state index is 0. The molecule has 2 aromatic carbocycles. The van der Waals surface area contributed by atoms with Gasteiger partial charge in [-0.15, -0.1) is 24.0 Å². The molecule has 0 saturated heterocycles. The van der Waals surface area contributed by atoms with E-state index in [1.807, 2.05) is 0 Å². The van der Waals surface area contributed by atoms with Gasteiger partial charge in [-0.2, -0.15) is 0 Å². The molecule has 0 amide bonds. The van der Waals surface area contributed by atoms with Gasteiger partial charge >= 0.3 is 0 Å². The smallest absolute Gasteiger partial charge is 0.191 e. The zero-order valence-corrected chi connectivity index (χ0v) is 20.7. The Hall–Kier alpha value is -2.00. The summed E-state index contributed by atoms with van der Waals surface area (Å²) < 4.78 is 5.05. The second-order valence-electron chi connectivity index (χ2n) is 6.74. The molecule has 2 rings (SSSR count). The average Bonchev–Trinajstić information content (AvgIpc) is 2.77. The molecule has 0 atom stereocenters. The Morgan fingerprint density at radius 1 is 1.00 bits per heavy atom. The Labute approximate surface area is 198 Å². The standard InChI is InChI=1S/C23H35N5O.HI/c1-4-28(22-9-6-5-7-10-22)17-8-15-26-23(24-2)27-19-20-11-13-21(14-12-20)25-16-18-29-3;/h5-7,9-14,25H,4,8,15-19H2,1-3H3,(H2,24,26,27);1H. The quantitative estimate of drug-likeness (QED) is 0.170. The van der Waals surface area contributed by atoms with Gasteiger partial charge in [0.2, 0.25) is 0 Å². The minimum Gasteiger partial charge on any atom is -0.383 e. The summed E-state index contributed by atoms with van der Waals surface area (Å²) in [5.41, 5.74) is 3.59. The first-order chi connectivity index (χ1) is 14.3. The number of anilines is 2. The SMILES string of the molecule is CCN(CCCNC(=NC)NCc1ccc(NCCOC)cc1)c1ccccc1.I. The number of hydrogen-bond acceptors (Lipinski definition) is 4. The van der Waals surface area contributed by atoms with Crippen LogP contribution >= 0.6 is 24.0 Å². The molecule has 0 radical (unpaired) electrons. The first-order valence-corrected chi connectivity index (χ1v) is 10.3. The Bertz CT molecular complexity index is 709. The van der Waals surface area contributed by atoms with Crippen LogP contribution in [0.15, 0.2) is 59.6 Å². The fraction of sp³-hybridized carbons (Fsp3) is 0.435. The highest BCUT2D eigenvalue weighted by Crippen LogP contribution is 2.12. The second-order valence-corrected chi connectivity index (χ2v) is 6.74. The maximum Gasteiger partial charge on any atom is 0.191 e. The maximum absolute atomic E-state index is 5.05. The molecule has 166 valence electrons. The Morgan fingerprint density at radius 2 is 1.73 bits per heavy atom. The number of guanidine groups is 1. The number of hydrogen-bond donors (Lipinski definition) is 3. The zero-order chi connectivity index (χ0) is 20.7. The van der Waals surface area contributed by atoms with Crippen LogP contribution in [0, 0.1) is 0 Å². The lowest BCUT2D eigenvalue weighted by Crippen LogP contribution is -2.38. The molecule has 0 aliphatic carbocycles. The zero-order valence-electron chi connectivity index (χ0n) is 18.4. The van der Waals surface area contributed by atoms with E-state index in [1.54, 1.807) is 14.2 Å². The van der Waals surface area contributed by atoms with Gasteiger partial charge in [0, 0.05) is 58.3 Å². The predicted octanol–water partition coefficient (Wildman–Crippen LogP) is 3.94. The van der Waals surface area contributed by atoms with Crippen molar-refractivity contribution in [3.05, 3.63) is 60.2 Å². The van der Waals surface area contributed by atoms with Crippen LogP contribution in [0.1, 0.15) is 18.9 Å². The molecular weight excluding hydrogens is 489 g/mol. The molecule has 0 heterocycles. The predicted molar refractivity (Wildman–Crippen MR) is 139 cm³/mol. The normalized spacial score (nSPS) is 10.8. The molecule has 0 aliphatic heterocycles. The van der Waals surface area contributed by atoms with Gasteiger partial charge in [-0.25, -0.2) is 0 Å². The van der Waals surface area contributed by atoms with Gasteiger partial charge in [0.1, 0.15) is 0 Å². The third kappa shape index (κ3) is 9.67. The number of methoxy groups -OCH3 is 1.